The Balaban J connectivity index is 2.36. The van der Waals surface area contributed by atoms with Gasteiger partial charge in [0.1, 0.15) is 4.90 Å². The standard InChI is InChI=1S/C12H16N2O5S/c1-8-7-14(4-5-19-8)20(17,18)11-3-2-9(12(15)16)6-10(11)13/h2-3,6,8H,4-5,7,13H2,1H3,(H,15,16). The Morgan fingerprint density at radius 3 is 2.75 bits per heavy atom. The van der Waals surface area contributed by atoms with Crippen molar-refractivity contribution in [2.24, 2.45) is 0 Å². The normalized spacial score (nSPS) is 20.8. The zero-order valence-electron chi connectivity index (χ0n) is 10.9. The third kappa shape index (κ3) is 2.77. The Kier molecular flexibility index (Phi) is 3.98. The average molecular weight is 300 g/mol. The molecule has 0 aromatic heterocycles. The maximum absolute atomic E-state index is 12.5. The fourth-order valence-electron chi connectivity index (χ4n) is 2.06. The van der Waals surface area contributed by atoms with Crippen molar-refractivity contribution in [2.45, 2.75) is 17.9 Å². The highest BCUT2D eigenvalue weighted by Gasteiger charge is 2.30. The van der Waals surface area contributed by atoms with E-state index in [2.05, 4.69) is 0 Å². The molecule has 0 radical (unpaired) electrons. The molecule has 0 spiro atoms. The predicted molar refractivity (Wildman–Crippen MR) is 72.0 cm³/mol. The molecule has 2 rings (SSSR count). The third-order valence-electron chi connectivity index (χ3n) is 3.08. The Morgan fingerprint density at radius 2 is 2.20 bits per heavy atom. The number of hydrogen-bond acceptors (Lipinski definition) is 5. The van der Waals surface area contributed by atoms with Crippen molar-refractivity contribution in [1.29, 1.82) is 0 Å². The minimum atomic E-state index is -3.73. The molecule has 1 heterocycles. The maximum Gasteiger partial charge on any atom is 0.335 e. The van der Waals surface area contributed by atoms with E-state index in [0.29, 0.717) is 6.61 Å². The average Bonchev–Trinajstić information content (AvgIpc) is 2.38. The van der Waals surface area contributed by atoms with Crippen molar-refractivity contribution in [3.05, 3.63) is 23.8 Å². The summed E-state index contributed by atoms with van der Waals surface area (Å²) < 4.78 is 31.6. The summed E-state index contributed by atoms with van der Waals surface area (Å²) in [4.78, 5) is 10.8. The first-order chi connectivity index (χ1) is 9.32. The van der Waals surface area contributed by atoms with Crippen LogP contribution in [-0.4, -0.2) is 49.6 Å². The second-order valence-electron chi connectivity index (χ2n) is 4.60. The molecule has 1 atom stereocenters. The minimum absolute atomic E-state index is 0.0446. The van der Waals surface area contributed by atoms with Crippen LogP contribution >= 0.6 is 0 Å². The zero-order chi connectivity index (χ0) is 14.9. The van der Waals surface area contributed by atoms with Crippen molar-refractivity contribution in [3.8, 4) is 0 Å². The first-order valence-corrected chi connectivity index (χ1v) is 7.51. The van der Waals surface area contributed by atoms with Gasteiger partial charge in [-0.1, -0.05) is 0 Å². The Labute approximate surface area is 117 Å². The van der Waals surface area contributed by atoms with Gasteiger partial charge in [-0.15, -0.1) is 0 Å². The maximum atomic E-state index is 12.5. The number of ether oxygens (including phenoxy) is 1. The molecule has 0 saturated carbocycles. The number of anilines is 1. The van der Waals surface area contributed by atoms with Gasteiger partial charge < -0.3 is 15.6 Å². The van der Waals surface area contributed by atoms with E-state index in [-0.39, 0.29) is 35.3 Å². The fourth-order valence-corrected chi connectivity index (χ4v) is 3.66. The summed E-state index contributed by atoms with van der Waals surface area (Å²) in [6.07, 6.45) is -0.182. The van der Waals surface area contributed by atoms with Gasteiger partial charge in [-0.2, -0.15) is 4.31 Å². The molecule has 1 unspecified atom stereocenters. The molecule has 1 saturated heterocycles. The van der Waals surface area contributed by atoms with E-state index in [4.69, 9.17) is 15.6 Å². The van der Waals surface area contributed by atoms with E-state index in [0.717, 1.165) is 6.07 Å². The summed E-state index contributed by atoms with van der Waals surface area (Å²) in [6, 6.07) is 3.61. The number of rotatable bonds is 3. The van der Waals surface area contributed by atoms with Gasteiger partial charge in [-0.05, 0) is 25.1 Å². The van der Waals surface area contributed by atoms with Gasteiger partial charge in [0.2, 0.25) is 10.0 Å². The Bertz CT molecular complexity index is 629. The lowest BCUT2D eigenvalue weighted by Gasteiger charge is -2.30. The van der Waals surface area contributed by atoms with Crippen LogP contribution in [0.25, 0.3) is 0 Å². The fraction of sp³-hybridized carbons (Fsp3) is 0.417. The van der Waals surface area contributed by atoms with E-state index < -0.39 is 16.0 Å². The zero-order valence-corrected chi connectivity index (χ0v) is 11.8. The van der Waals surface area contributed by atoms with Crippen molar-refractivity contribution in [2.75, 3.05) is 25.4 Å². The van der Waals surface area contributed by atoms with Crippen molar-refractivity contribution in [1.82, 2.24) is 4.31 Å². The van der Waals surface area contributed by atoms with Crippen LogP contribution in [0.3, 0.4) is 0 Å². The second kappa shape index (κ2) is 5.39. The molecule has 7 nitrogen and oxygen atoms in total. The lowest BCUT2D eigenvalue weighted by Crippen LogP contribution is -2.44. The summed E-state index contributed by atoms with van der Waals surface area (Å²) in [5, 5.41) is 8.85. The summed E-state index contributed by atoms with van der Waals surface area (Å²) in [5.74, 6) is -1.15. The summed E-state index contributed by atoms with van der Waals surface area (Å²) in [6.45, 7) is 2.63. The molecular formula is C12H16N2O5S. The number of nitrogens with two attached hydrogens (primary N) is 1. The second-order valence-corrected chi connectivity index (χ2v) is 6.51. The largest absolute Gasteiger partial charge is 0.478 e. The van der Waals surface area contributed by atoms with E-state index >= 15 is 0 Å². The molecule has 1 fully saturated rings. The SMILES string of the molecule is CC1CN(S(=O)(=O)c2ccc(C(=O)O)cc2N)CCO1. The van der Waals surface area contributed by atoms with E-state index in [1.807, 2.05) is 0 Å². The number of nitrogen functional groups attached to an aromatic ring is 1. The van der Waals surface area contributed by atoms with Crippen LogP contribution in [0, 0.1) is 0 Å². The highest BCUT2D eigenvalue weighted by atomic mass is 32.2. The van der Waals surface area contributed by atoms with Crippen LogP contribution in [0.4, 0.5) is 5.69 Å². The van der Waals surface area contributed by atoms with Crippen molar-refractivity contribution in [3.63, 3.8) is 0 Å². The van der Waals surface area contributed by atoms with E-state index in [1.165, 1.54) is 16.4 Å². The molecule has 1 aromatic rings. The van der Waals surface area contributed by atoms with Gasteiger partial charge in [0.05, 0.1) is 24.0 Å². The number of hydrogen-bond donors (Lipinski definition) is 2. The summed E-state index contributed by atoms with van der Waals surface area (Å²) in [5.41, 5.74) is 5.58. The topological polar surface area (TPSA) is 110 Å². The number of carboxylic acid groups (broad SMARTS) is 1. The molecule has 1 aromatic carbocycles. The summed E-state index contributed by atoms with van der Waals surface area (Å²) >= 11 is 0. The Morgan fingerprint density at radius 1 is 1.50 bits per heavy atom. The molecule has 0 aliphatic carbocycles. The molecule has 0 amide bonds. The molecule has 1 aliphatic heterocycles. The van der Waals surface area contributed by atoms with Crippen LogP contribution in [0.2, 0.25) is 0 Å². The number of aromatic carboxylic acids is 1. The number of nitrogens with zero attached hydrogens (tertiary/aromatic N) is 1. The van der Waals surface area contributed by atoms with Gasteiger partial charge in [0.25, 0.3) is 0 Å². The first kappa shape index (κ1) is 14.8. The van der Waals surface area contributed by atoms with Crippen molar-refractivity contribution < 1.29 is 23.1 Å². The lowest BCUT2D eigenvalue weighted by molar-refractivity contribution is 0.0102. The smallest absolute Gasteiger partial charge is 0.335 e. The van der Waals surface area contributed by atoms with Crippen molar-refractivity contribution >= 4 is 21.7 Å². The predicted octanol–water partition coefficient (Wildman–Crippen LogP) is 0.376. The monoisotopic (exact) mass is 300 g/mol. The molecule has 20 heavy (non-hydrogen) atoms. The van der Waals surface area contributed by atoms with Gasteiger partial charge in [-0.3, -0.25) is 0 Å². The minimum Gasteiger partial charge on any atom is -0.478 e. The first-order valence-electron chi connectivity index (χ1n) is 6.07. The van der Waals surface area contributed by atoms with E-state index in [1.54, 1.807) is 6.92 Å². The number of benzene rings is 1. The molecule has 3 N–H and O–H groups in total. The van der Waals surface area contributed by atoms with Gasteiger partial charge in [0, 0.05) is 13.1 Å². The summed E-state index contributed by atoms with van der Waals surface area (Å²) in [7, 11) is -3.73. The lowest BCUT2D eigenvalue weighted by atomic mass is 10.2. The highest BCUT2D eigenvalue weighted by molar-refractivity contribution is 7.89. The van der Waals surface area contributed by atoms with Crippen LogP contribution in [-0.2, 0) is 14.8 Å². The van der Waals surface area contributed by atoms with Crippen LogP contribution in [0.1, 0.15) is 17.3 Å². The van der Waals surface area contributed by atoms with Gasteiger partial charge in [-0.25, -0.2) is 13.2 Å². The third-order valence-corrected chi connectivity index (χ3v) is 5.02. The molecule has 110 valence electrons. The van der Waals surface area contributed by atoms with Crippen LogP contribution in [0.5, 0.6) is 0 Å². The molecule has 8 heteroatoms. The highest BCUT2D eigenvalue weighted by Crippen LogP contribution is 2.25. The number of carbonyl (C=O) groups is 1. The quantitative estimate of drug-likeness (QED) is 0.781. The van der Waals surface area contributed by atoms with Gasteiger partial charge >= 0.3 is 5.97 Å². The van der Waals surface area contributed by atoms with Crippen LogP contribution in [0.15, 0.2) is 23.1 Å². The number of sulfonamides is 1. The van der Waals surface area contributed by atoms with Gasteiger partial charge in [0.15, 0.2) is 0 Å². The number of carboxylic acids is 1. The Hall–Kier alpha value is -1.64. The van der Waals surface area contributed by atoms with E-state index in [9.17, 15) is 13.2 Å². The molecule has 0 bridgehead atoms. The number of morpholine rings is 1. The molecular weight excluding hydrogens is 284 g/mol. The van der Waals surface area contributed by atoms with Crippen LogP contribution < -0.4 is 5.73 Å². The molecule has 1 aliphatic rings.